The molecule has 0 saturated heterocycles. The van der Waals surface area contributed by atoms with E-state index in [1.54, 1.807) is 12.1 Å². The lowest BCUT2D eigenvalue weighted by Gasteiger charge is -2.14. The fraction of sp³-hybridized carbons (Fsp3) is 0.412. The Morgan fingerprint density at radius 2 is 2.00 bits per heavy atom. The molecule has 0 aliphatic heterocycles. The monoisotopic (exact) mass is 303 g/mol. The molecule has 2 aromatic rings. The molecule has 1 unspecified atom stereocenters. The van der Waals surface area contributed by atoms with Gasteiger partial charge in [0.2, 0.25) is 5.91 Å². The smallest absolute Gasteiger partial charge is 0.220 e. The number of H-pyrrole nitrogens is 1. The highest BCUT2D eigenvalue weighted by Crippen LogP contribution is 2.19. The van der Waals surface area contributed by atoms with E-state index in [0.717, 1.165) is 35.4 Å². The zero-order valence-corrected chi connectivity index (χ0v) is 13.2. The summed E-state index contributed by atoms with van der Waals surface area (Å²) < 4.78 is 12.8. The number of nitrogens with one attached hydrogen (secondary N) is 2. The number of benzene rings is 1. The zero-order chi connectivity index (χ0) is 16.1. The molecular weight excluding hydrogens is 281 g/mol. The quantitative estimate of drug-likeness (QED) is 0.859. The Bertz CT molecular complexity index is 614. The second kappa shape index (κ2) is 7.20. The van der Waals surface area contributed by atoms with Crippen LogP contribution in [0.4, 0.5) is 4.39 Å². The van der Waals surface area contributed by atoms with Crippen LogP contribution >= 0.6 is 0 Å². The molecular formula is C17H22FN3O. The molecule has 2 N–H and O–H groups in total. The van der Waals surface area contributed by atoms with Crippen molar-refractivity contribution in [2.45, 2.75) is 46.1 Å². The van der Waals surface area contributed by atoms with E-state index in [4.69, 9.17) is 0 Å². The molecule has 2 rings (SSSR count). The predicted octanol–water partition coefficient (Wildman–Crippen LogP) is 3.37. The van der Waals surface area contributed by atoms with Gasteiger partial charge in [-0.3, -0.25) is 9.89 Å². The summed E-state index contributed by atoms with van der Waals surface area (Å²) in [5.41, 5.74) is 3.99. The lowest BCUT2D eigenvalue weighted by Crippen LogP contribution is -2.27. The van der Waals surface area contributed by atoms with Gasteiger partial charge < -0.3 is 5.32 Å². The molecule has 1 atom stereocenters. The molecule has 22 heavy (non-hydrogen) atoms. The molecule has 0 aliphatic carbocycles. The highest BCUT2D eigenvalue weighted by molar-refractivity contribution is 5.76. The van der Waals surface area contributed by atoms with Crippen LogP contribution in [-0.4, -0.2) is 16.1 Å². The van der Waals surface area contributed by atoms with E-state index >= 15 is 0 Å². The third kappa shape index (κ3) is 4.16. The van der Waals surface area contributed by atoms with E-state index in [-0.39, 0.29) is 17.8 Å². The Balaban J connectivity index is 1.79. The van der Waals surface area contributed by atoms with E-state index in [2.05, 4.69) is 15.5 Å². The minimum absolute atomic E-state index is 0.0228. The molecule has 0 spiro atoms. The van der Waals surface area contributed by atoms with Crippen molar-refractivity contribution in [3.05, 3.63) is 52.6 Å². The fourth-order valence-corrected chi connectivity index (χ4v) is 2.69. The van der Waals surface area contributed by atoms with Crippen LogP contribution in [0.1, 0.15) is 48.3 Å². The second-order valence-electron chi connectivity index (χ2n) is 5.62. The molecule has 5 heteroatoms. The summed E-state index contributed by atoms with van der Waals surface area (Å²) in [5, 5.41) is 10.1. The van der Waals surface area contributed by atoms with Gasteiger partial charge in [0, 0.05) is 17.7 Å². The Hall–Kier alpha value is -2.17. The summed E-state index contributed by atoms with van der Waals surface area (Å²) in [7, 11) is 0. The normalized spacial score (nSPS) is 12.2. The molecule has 118 valence electrons. The number of halogens is 1. The van der Waals surface area contributed by atoms with Crippen molar-refractivity contribution in [2.75, 3.05) is 0 Å². The highest BCUT2D eigenvalue weighted by Gasteiger charge is 2.16. The van der Waals surface area contributed by atoms with E-state index in [1.807, 2.05) is 20.8 Å². The summed E-state index contributed by atoms with van der Waals surface area (Å²) in [6, 6.07) is 6.35. The van der Waals surface area contributed by atoms with Crippen LogP contribution in [-0.2, 0) is 11.2 Å². The predicted molar refractivity (Wildman–Crippen MR) is 84.0 cm³/mol. The Morgan fingerprint density at radius 1 is 1.32 bits per heavy atom. The van der Waals surface area contributed by atoms with Gasteiger partial charge in [0.15, 0.2) is 0 Å². The maximum Gasteiger partial charge on any atom is 0.220 e. The Labute approximate surface area is 130 Å². The van der Waals surface area contributed by atoms with E-state index < -0.39 is 0 Å². The standard InChI is InChI=1S/C17H22FN3O/c1-11(17-12(2)20-21-13(17)3)19-16(22)6-4-5-14-7-9-15(18)10-8-14/h7-11H,4-6H2,1-3H3,(H,19,22)(H,20,21). The van der Waals surface area contributed by atoms with Crippen molar-refractivity contribution in [1.82, 2.24) is 15.5 Å². The number of carbonyl (C=O) groups is 1. The van der Waals surface area contributed by atoms with Crippen molar-refractivity contribution < 1.29 is 9.18 Å². The largest absolute Gasteiger partial charge is 0.349 e. The number of aromatic amines is 1. The average molecular weight is 303 g/mol. The number of amides is 1. The van der Waals surface area contributed by atoms with Gasteiger partial charge in [0.25, 0.3) is 0 Å². The number of nitrogens with zero attached hydrogens (tertiary/aromatic N) is 1. The van der Waals surface area contributed by atoms with Gasteiger partial charge in [-0.15, -0.1) is 0 Å². The number of carbonyl (C=O) groups excluding carboxylic acids is 1. The molecule has 0 saturated carbocycles. The minimum Gasteiger partial charge on any atom is -0.349 e. The first-order valence-corrected chi connectivity index (χ1v) is 7.52. The van der Waals surface area contributed by atoms with Crippen LogP contribution in [0.25, 0.3) is 0 Å². The third-order valence-corrected chi connectivity index (χ3v) is 3.78. The van der Waals surface area contributed by atoms with Gasteiger partial charge in [-0.1, -0.05) is 12.1 Å². The van der Waals surface area contributed by atoms with Crippen molar-refractivity contribution in [1.29, 1.82) is 0 Å². The number of rotatable bonds is 6. The van der Waals surface area contributed by atoms with Crippen LogP contribution in [0.15, 0.2) is 24.3 Å². The minimum atomic E-state index is -0.235. The van der Waals surface area contributed by atoms with E-state index in [0.29, 0.717) is 6.42 Å². The average Bonchev–Trinajstić information content (AvgIpc) is 2.80. The maximum absolute atomic E-state index is 12.8. The first-order valence-electron chi connectivity index (χ1n) is 7.52. The number of aryl methyl sites for hydroxylation is 3. The molecule has 1 amide bonds. The summed E-state index contributed by atoms with van der Waals surface area (Å²) in [6.07, 6.45) is 1.97. The van der Waals surface area contributed by atoms with Gasteiger partial charge in [-0.2, -0.15) is 5.10 Å². The van der Waals surface area contributed by atoms with Crippen molar-refractivity contribution in [2.24, 2.45) is 0 Å². The maximum atomic E-state index is 12.8. The first kappa shape index (κ1) is 16.2. The molecule has 0 radical (unpaired) electrons. The van der Waals surface area contributed by atoms with Crippen molar-refractivity contribution >= 4 is 5.91 Å². The third-order valence-electron chi connectivity index (χ3n) is 3.78. The van der Waals surface area contributed by atoms with Crippen LogP contribution in [0.2, 0.25) is 0 Å². The van der Waals surface area contributed by atoms with Gasteiger partial charge in [0.05, 0.1) is 11.7 Å². The lowest BCUT2D eigenvalue weighted by atomic mass is 10.1. The fourth-order valence-electron chi connectivity index (χ4n) is 2.69. The molecule has 0 aliphatic rings. The summed E-state index contributed by atoms with van der Waals surface area (Å²) in [6.45, 7) is 5.84. The van der Waals surface area contributed by atoms with Crippen LogP contribution < -0.4 is 5.32 Å². The summed E-state index contributed by atoms with van der Waals surface area (Å²) in [4.78, 5) is 12.0. The zero-order valence-electron chi connectivity index (χ0n) is 13.2. The van der Waals surface area contributed by atoms with Crippen molar-refractivity contribution in [3.8, 4) is 0 Å². The van der Waals surface area contributed by atoms with E-state index in [9.17, 15) is 9.18 Å². The number of hydrogen-bond acceptors (Lipinski definition) is 2. The Kier molecular flexibility index (Phi) is 5.31. The number of aromatic nitrogens is 2. The topological polar surface area (TPSA) is 57.8 Å². The van der Waals surface area contributed by atoms with Gasteiger partial charge in [-0.25, -0.2) is 4.39 Å². The van der Waals surface area contributed by atoms with Crippen LogP contribution in [0, 0.1) is 19.7 Å². The summed E-state index contributed by atoms with van der Waals surface area (Å²) in [5.74, 6) is -0.212. The molecule has 4 nitrogen and oxygen atoms in total. The number of hydrogen-bond donors (Lipinski definition) is 2. The molecule has 1 aromatic carbocycles. The Morgan fingerprint density at radius 3 is 2.59 bits per heavy atom. The lowest BCUT2D eigenvalue weighted by molar-refractivity contribution is -0.121. The van der Waals surface area contributed by atoms with Crippen LogP contribution in [0.3, 0.4) is 0 Å². The van der Waals surface area contributed by atoms with Gasteiger partial charge in [-0.05, 0) is 51.3 Å². The van der Waals surface area contributed by atoms with Gasteiger partial charge >= 0.3 is 0 Å². The second-order valence-corrected chi connectivity index (χ2v) is 5.62. The first-order chi connectivity index (χ1) is 10.5. The summed E-state index contributed by atoms with van der Waals surface area (Å²) >= 11 is 0. The molecule has 1 aromatic heterocycles. The molecule has 0 bridgehead atoms. The molecule has 0 fully saturated rings. The van der Waals surface area contributed by atoms with E-state index in [1.165, 1.54) is 12.1 Å². The van der Waals surface area contributed by atoms with Crippen LogP contribution in [0.5, 0.6) is 0 Å². The molecule has 1 heterocycles. The SMILES string of the molecule is Cc1n[nH]c(C)c1C(C)NC(=O)CCCc1ccc(F)cc1. The van der Waals surface area contributed by atoms with Crippen molar-refractivity contribution in [3.63, 3.8) is 0 Å². The highest BCUT2D eigenvalue weighted by atomic mass is 19.1. The van der Waals surface area contributed by atoms with Gasteiger partial charge in [0.1, 0.15) is 5.82 Å².